The summed E-state index contributed by atoms with van der Waals surface area (Å²) < 4.78 is 4.83. The van der Waals surface area contributed by atoms with Gasteiger partial charge in [-0.1, -0.05) is 18.2 Å². The number of esters is 1. The van der Waals surface area contributed by atoms with Gasteiger partial charge in [0.25, 0.3) is 0 Å². The van der Waals surface area contributed by atoms with Crippen LogP contribution in [0, 0.1) is 12.3 Å². The van der Waals surface area contributed by atoms with Crippen molar-refractivity contribution < 1.29 is 9.53 Å². The Morgan fingerprint density at radius 3 is 2.85 bits per heavy atom. The topological polar surface area (TPSA) is 52.3 Å². The van der Waals surface area contributed by atoms with E-state index in [2.05, 4.69) is 0 Å². The number of carbonyl (C=O) groups is 1. The average Bonchev–Trinajstić information content (AvgIpc) is 2.18. The molecule has 1 rings (SSSR count). The Balaban J connectivity index is 2.88. The van der Waals surface area contributed by atoms with Crippen LogP contribution in [0.4, 0.5) is 0 Å². The van der Waals surface area contributed by atoms with Crippen LogP contribution in [0.25, 0.3) is 0 Å². The van der Waals surface area contributed by atoms with Crippen LogP contribution in [0.2, 0.25) is 0 Å². The van der Waals surface area contributed by atoms with E-state index in [1.807, 2.05) is 12.0 Å². The number of ether oxygens (including phenoxy) is 1. The number of hydrogen-bond donors (Lipinski definition) is 1. The molecule has 0 aliphatic heterocycles. The second-order valence-corrected chi connectivity index (χ2v) is 2.35. The van der Waals surface area contributed by atoms with Crippen molar-refractivity contribution in [2.45, 2.75) is 6.54 Å². The van der Waals surface area contributed by atoms with Gasteiger partial charge in [-0.2, -0.15) is 0 Å². The van der Waals surface area contributed by atoms with Gasteiger partial charge in [-0.05, 0) is 6.07 Å². The zero-order chi connectivity index (χ0) is 9.68. The summed E-state index contributed by atoms with van der Waals surface area (Å²) in [6, 6.07) is 6.99. The van der Waals surface area contributed by atoms with Crippen LogP contribution in [-0.2, 0) is 11.3 Å². The molecule has 0 aliphatic rings. The van der Waals surface area contributed by atoms with E-state index in [-0.39, 0.29) is 0 Å². The predicted molar refractivity (Wildman–Crippen MR) is 48.8 cm³/mol. The average molecular weight is 175 g/mol. The van der Waals surface area contributed by atoms with Gasteiger partial charge in [0.1, 0.15) is 5.75 Å². The predicted octanol–water partition coefficient (Wildman–Crippen LogP) is 0.684. The van der Waals surface area contributed by atoms with Crippen molar-refractivity contribution in [1.82, 2.24) is 0 Å². The Kier molecular flexibility index (Phi) is 3.07. The Hall–Kier alpha value is -1.79. The van der Waals surface area contributed by atoms with Gasteiger partial charge in [0.05, 0.1) is 0 Å². The van der Waals surface area contributed by atoms with Crippen molar-refractivity contribution in [3.05, 3.63) is 29.8 Å². The van der Waals surface area contributed by atoms with Gasteiger partial charge < -0.3 is 10.5 Å². The van der Waals surface area contributed by atoms with Gasteiger partial charge in [0.15, 0.2) is 0 Å². The SMILES string of the molecule is C#CC(=O)Oc1ccccc1CN. The number of benzene rings is 1. The van der Waals surface area contributed by atoms with E-state index in [1.54, 1.807) is 18.2 Å². The van der Waals surface area contributed by atoms with Gasteiger partial charge in [0.2, 0.25) is 0 Å². The van der Waals surface area contributed by atoms with Crippen LogP contribution >= 0.6 is 0 Å². The van der Waals surface area contributed by atoms with Crippen molar-refractivity contribution in [3.8, 4) is 18.1 Å². The van der Waals surface area contributed by atoms with Crippen LogP contribution in [0.3, 0.4) is 0 Å². The van der Waals surface area contributed by atoms with Crippen molar-refractivity contribution in [3.63, 3.8) is 0 Å². The fraction of sp³-hybridized carbons (Fsp3) is 0.100. The number of rotatable bonds is 2. The summed E-state index contributed by atoms with van der Waals surface area (Å²) in [4.78, 5) is 10.8. The maximum atomic E-state index is 10.8. The zero-order valence-corrected chi connectivity index (χ0v) is 6.99. The minimum atomic E-state index is -0.707. The van der Waals surface area contributed by atoms with E-state index in [1.165, 1.54) is 0 Å². The molecule has 1 aromatic rings. The molecule has 0 atom stereocenters. The van der Waals surface area contributed by atoms with Gasteiger partial charge in [-0.15, -0.1) is 6.42 Å². The summed E-state index contributed by atoms with van der Waals surface area (Å²) in [5.41, 5.74) is 6.18. The smallest absolute Gasteiger partial charge is 0.389 e. The molecule has 1 aromatic carbocycles. The third-order valence-corrected chi connectivity index (χ3v) is 1.51. The molecule has 0 aromatic heterocycles. The summed E-state index contributed by atoms with van der Waals surface area (Å²) in [5, 5.41) is 0. The van der Waals surface area contributed by atoms with Crippen molar-refractivity contribution >= 4 is 5.97 Å². The molecule has 2 N–H and O–H groups in total. The summed E-state index contributed by atoms with van der Waals surface area (Å²) in [6.45, 7) is 0.314. The Labute approximate surface area is 76.5 Å². The fourth-order valence-electron chi connectivity index (χ4n) is 0.901. The largest absolute Gasteiger partial charge is 0.417 e. The number of nitrogens with two attached hydrogens (primary N) is 1. The van der Waals surface area contributed by atoms with Gasteiger partial charge in [0, 0.05) is 18.0 Å². The maximum absolute atomic E-state index is 10.8. The third kappa shape index (κ3) is 2.32. The lowest BCUT2D eigenvalue weighted by Gasteiger charge is -2.04. The van der Waals surface area contributed by atoms with Crippen molar-refractivity contribution in [1.29, 1.82) is 0 Å². The van der Waals surface area contributed by atoms with E-state index >= 15 is 0 Å². The number of terminal acetylenes is 1. The highest BCUT2D eigenvalue weighted by Crippen LogP contribution is 2.16. The highest BCUT2D eigenvalue weighted by Gasteiger charge is 2.04. The number of para-hydroxylation sites is 1. The van der Waals surface area contributed by atoms with Crippen molar-refractivity contribution in [2.75, 3.05) is 0 Å². The van der Waals surface area contributed by atoms with Crippen LogP contribution in [0.1, 0.15) is 5.56 Å². The first-order valence-corrected chi connectivity index (χ1v) is 3.74. The molecule has 0 amide bonds. The van der Waals surface area contributed by atoms with Crippen LogP contribution in [0.15, 0.2) is 24.3 Å². The van der Waals surface area contributed by atoms with Gasteiger partial charge in [-0.3, -0.25) is 0 Å². The maximum Gasteiger partial charge on any atom is 0.389 e. The monoisotopic (exact) mass is 175 g/mol. The first-order valence-electron chi connectivity index (χ1n) is 3.74. The Morgan fingerprint density at radius 1 is 1.54 bits per heavy atom. The molecule has 13 heavy (non-hydrogen) atoms. The molecule has 0 fully saturated rings. The number of carbonyl (C=O) groups excluding carboxylic acids is 1. The van der Waals surface area contributed by atoms with E-state index in [0.29, 0.717) is 12.3 Å². The number of hydrogen-bond acceptors (Lipinski definition) is 3. The molecular formula is C10H9NO2. The summed E-state index contributed by atoms with van der Waals surface area (Å²) in [5.74, 6) is 1.58. The standard InChI is InChI=1S/C10H9NO2/c1-2-10(12)13-9-6-4-3-5-8(9)7-11/h1,3-6H,7,11H2. The molecule has 0 spiro atoms. The molecule has 3 nitrogen and oxygen atoms in total. The van der Waals surface area contributed by atoms with Gasteiger partial charge >= 0.3 is 5.97 Å². The molecule has 0 aliphatic carbocycles. The second-order valence-electron chi connectivity index (χ2n) is 2.35. The van der Waals surface area contributed by atoms with Crippen LogP contribution in [0.5, 0.6) is 5.75 Å². The summed E-state index contributed by atoms with van der Waals surface area (Å²) >= 11 is 0. The molecule has 0 bridgehead atoms. The minimum absolute atomic E-state index is 0.314. The van der Waals surface area contributed by atoms with Crippen LogP contribution < -0.4 is 10.5 Å². The van der Waals surface area contributed by atoms with Gasteiger partial charge in [-0.25, -0.2) is 4.79 Å². The first kappa shape index (κ1) is 9.30. The molecular weight excluding hydrogens is 166 g/mol. The fourth-order valence-corrected chi connectivity index (χ4v) is 0.901. The molecule has 0 unspecified atom stereocenters. The summed E-state index contributed by atoms with van der Waals surface area (Å²) in [6.07, 6.45) is 4.86. The minimum Gasteiger partial charge on any atom is -0.417 e. The lowest BCUT2D eigenvalue weighted by molar-refractivity contribution is -0.128. The quantitative estimate of drug-likeness (QED) is 0.311. The lowest BCUT2D eigenvalue weighted by Crippen LogP contribution is -2.07. The molecule has 0 saturated carbocycles. The van der Waals surface area contributed by atoms with Crippen LogP contribution in [-0.4, -0.2) is 5.97 Å². The molecule has 0 radical (unpaired) electrons. The highest BCUT2D eigenvalue weighted by molar-refractivity contribution is 5.89. The van der Waals surface area contributed by atoms with E-state index in [9.17, 15) is 4.79 Å². The van der Waals surface area contributed by atoms with E-state index < -0.39 is 5.97 Å². The molecule has 0 heterocycles. The normalized spacial score (nSPS) is 8.92. The first-order chi connectivity index (χ1) is 6.27. The molecule has 0 saturated heterocycles. The second kappa shape index (κ2) is 4.29. The molecule has 66 valence electrons. The van der Waals surface area contributed by atoms with E-state index in [0.717, 1.165) is 5.56 Å². The zero-order valence-electron chi connectivity index (χ0n) is 6.99. The van der Waals surface area contributed by atoms with Crippen molar-refractivity contribution in [2.24, 2.45) is 5.73 Å². The Morgan fingerprint density at radius 2 is 2.23 bits per heavy atom. The summed E-state index contributed by atoms with van der Waals surface area (Å²) in [7, 11) is 0. The lowest BCUT2D eigenvalue weighted by atomic mass is 10.2. The van der Waals surface area contributed by atoms with E-state index in [4.69, 9.17) is 16.9 Å². The highest BCUT2D eigenvalue weighted by atomic mass is 16.5. The third-order valence-electron chi connectivity index (χ3n) is 1.51. The Bertz CT molecular complexity index is 352. The molecule has 3 heteroatoms.